The zero-order chi connectivity index (χ0) is 14.8. The fourth-order valence-electron chi connectivity index (χ4n) is 2.16. The Hall–Kier alpha value is -1.48. The molecule has 112 valence electrons. The number of aliphatic hydroxyl groups is 1. The summed E-state index contributed by atoms with van der Waals surface area (Å²) in [6.07, 6.45) is 9.19. The van der Waals surface area contributed by atoms with Crippen molar-refractivity contribution < 1.29 is 14.6 Å². The van der Waals surface area contributed by atoms with E-state index in [1.54, 1.807) is 14.2 Å². The number of hydrogen-bond donors (Lipinski definition) is 1. The van der Waals surface area contributed by atoms with Crippen LogP contribution in [-0.2, 0) is 6.42 Å². The molecule has 0 amide bonds. The van der Waals surface area contributed by atoms with Gasteiger partial charge in [-0.25, -0.2) is 0 Å². The highest BCUT2D eigenvalue weighted by Gasteiger charge is 2.10. The van der Waals surface area contributed by atoms with Crippen molar-refractivity contribution in [2.75, 3.05) is 20.8 Å². The minimum atomic E-state index is 0.149. The van der Waals surface area contributed by atoms with E-state index in [1.807, 2.05) is 12.2 Å². The van der Waals surface area contributed by atoms with Crippen LogP contribution in [0.5, 0.6) is 11.5 Å². The number of ether oxygens (including phenoxy) is 2. The molecule has 1 N–H and O–H groups in total. The first-order valence-corrected chi connectivity index (χ1v) is 7.29. The first kappa shape index (κ1) is 16.6. The van der Waals surface area contributed by atoms with Crippen LogP contribution in [0.1, 0.15) is 43.7 Å². The van der Waals surface area contributed by atoms with Crippen molar-refractivity contribution in [3.8, 4) is 11.5 Å². The maximum atomic E-state index is 8.85. The lowest BCUT2D eigenvalue weighted by molar-refractivity contribution is 0.303. The Labute approximate surface area is 122 Å². The summed E-state index contributed by atoms with van der Waals surface area (Å²) in [7, 11) is 3.35. The summed E-state index contributed by atoms with van der Waals surface area (Å²) >= 11 is 0. The van der Waals surface area contributed by atoms with E-state index in [0.29, 0.717) is 6.42 Å². The topological polar surface area (TPSA) is 38.7 Å². The van der Waals surface area contributed by atoms with Crippen LogP contribution in [0.15, 0.2) is 18.2 Å². The second-order valence-corrected chi connectivity index (χ2v) is 4.79. The van der Waals surface area contributed by atoms with Crippen molar-refractivity contribution in [3.63, 3.8) is 0 Å². The smallest absolute Gasteiger partial charge is 0.130 e. The van der Waals surface area contributed by atoms with E-state index in [2.05, 4.69) is 19.1 Å². The maximum Gasteiger partial charge on any atom is 0.130 e. The van der Waals surface area contributed by atoms with Crippen molar-refractivity contribution in [2.45, 2.75) is 39.0 Å². The first-order chi connectivity index (χ1) is 9.76. The molecule has 0 heterocycles. The van der Waals surface area contributed by atoms with Gasteiger partial charge in [-0.3, -0.25) is 0 Å². The van der Waals surface area contributed by atoms with Crippen LogP contribution < -0.4 is 9.47 Å². The summed E-state index contributed by atoms with van der Waals surface area (Å²) in [6.45, 7) is 2.35. The predicted octanol–water partition coefficient (Wildman–Crippen LogP) is 3.83. The molecule has 0 fully saturated rings. The lowest BCUT2D eigenvalue weighted by Gasteiger charge is -2.13. The number of methoxy groups -OCH3 is 2. The second-order valence-electron chi connectivity index (χ2n) is 4.79. The molecule has 0 aliphatic rings. The van der Waals surface area contributed by atoms with Gasteiger partial charge in [0.25, 0.3) is 0 Å². The molecule has 0 saturated heterocycles. The third-order valence-electron chi connectivity index (χ3n) is 3.25. The van der Waals surface area contributed by atoms with Gasteiger partial charge in [-0.1, -0.05) is 31.9 Å². The molecule has 1 rings (SSSR count). The SMILES string of the molecule is CCCCCc1cc(OC)c(/C=C/CCO)c(OC)c1. The Morgan fingerprint density at radius 2 is 1.75 bits per heavy atom. The highest BCUT2D eigenvalue weighted by Crippen LogP contribution is 2.32. The van der Waals surface area contributed by atoms with E-state index in [4.69, 9.17) is 14.6 Å². The number of hydrogen-bond acceptors (Lipinski definition) is 3. The molecule has 0 unspecified atom stereocenters. The van der Waals surface area contributed by atoms with Crippen LogP contribution in [-0.4, -0.2) is 25.9 Å². The molecular formula is C17H26O3. The average Bonchev–Trinajstić information content (AvgIpc) is 2.48. The number of unbranched alkanes of at least 4 members (excludes halogenated alkanes) is 2. The highest BCUT2D eigenvalue weighted by atomic mass is 16.5. The van der Waals surface area contributed by atoms with E-state index in [9.17, 15) is 0 Å². The molecular weight excluding hydrogens is 252 g/mol. The molecule has 20 heavy (non-hydrogen) atoms. The molecule has 0 atom stereocenters. The van der Waals surface area contributed by atoms with Crippen LogP contribution in [0.25, 0.3) is 6.08 Å². The summed E-state index contributed by atoms with van der Waals surface area (Å²) < 4.78 is 10.9. The Morgan fingerprint density at radius 3 is 2.25 bits per heavy atom. The zero-order valence-corrected chi connectivity index (χ0v) is 12.8. The molecule has 0 aliphatic heterocycles. The molecule has 0 radical (unpaired) electrons. The zero-order valence-electron chi connectivity index (χ0n) is 12.8. The highest BCUT2D eigenvalue weighted by molar-refractivity contribution is 5.65. The van der Waals surface area contributed by atoms with Crippen molar-refractivity contribution in [1.82, 2.24) is 0 Å². The first-order valence-electron chi connectivity index (χ1n) is 7.29. The van der Waals surface area contributed by atoms with Crippen molar-refractivity contribution in [3.05, 3.63) is 29.3 Å². The Kier molecular flexibility index (Phi) is 7.81. The van der Waals surface area contributed by atoms with Crippen molar-refractivity contribution in [1.29, 1.82) is 0 Å². The van der Waals surface area contributed by atoms with Crippen LogP contribution in [0, 0.1) is 0 Å². The monoisotopic (exact) mass is 278 g/mol. The van der Waals surface area contributed by atoms with E-state index in [-0.39, 0.29) is 6.61 Å². The third-order valence-corrected chi connectivity index (χ3v) is 3.25. The van der Waals surface area contributed by atoms with E-state index < -0.39 is 0 Å². The minimum absolute atomic E-state index is 0.149. The summed E-state index contributed by atoms with van der Waals surface area (Å²) in [6, 6.07) is 4.16. The molecule has 1 aromatic carbocycles. The second kappa shape index (κ2) is 9.43. The van der Waals surface area contributed by atoms with E-state index >= 15 is 0 Å². The molecule has 0 bridgehead atoms. The predicted molar refractivity (Wildman–Crippen MR) is 83.5 cm³/mol. The Morgan fingerprint density at radius 1 is 1.10 bits per heavy atom. The minimum Gasteiger partial charge on any atom is -0.496 e. The fraction of sp³-hybridized carbons (Fsp3) is 0.529. The lowest BCUT2D eigenvalue weighted by Crippen LogP contribution is -1.96. The van der Waals surface area contributed by atoms with Gasteiger partial charge in [0, 0.05) is 6.61 Å². The Balaban J connectivity index is 2.98. The fourth-order valence-corrected chi connectivity index (χ4v) is 2.16. The summed E-state index contributed by atoms with van der Waals surface area (Å²) in [4.78, 5) is 0. The normalized spacial score (nSPS) is 11.0. The van der Waals surface area contributed by atoms with Crippen LogP contribution in [0.2, 0.25) is 0 Å². The Bertz CT molecular complexity index is 399. The van der Waals surface area contributed by atoms with Gasteiger partial charge in [0.2, 0.25) is 0 Å². The quantitative estimate of drug-likeness (QED) is 0.698. The van der Waals surface area contributed by atoms with Gasteiger partial charge in [0.15, 0.2) is 0 Å². The molecule has 0 aliphatic carbocycles. The molecule has 0 spiro atoms. The number of aliphatic hydroxyl groups excluding tert-OH is 1. The van der Waals surface area contributed by atoms with Crippen molar-refractivity contribution >= 4 is 6.08 Å². The summed E-state index contributed by atoms with van der Waals surface area (Å²) in [5.41, 5.74) is 2.18. The van der Waals surface area contributed by atoms with Gasteiger partial charge in [0.1, 0.15) is 11.5 Å². The third kappa shape index (κ3) is 4.89. The number of rotatable bonds is 9. The lowest BCUT2D eigenvalue weighted by atomic mass is 10.0. The van der Waals surface area contributed by atoms with Crippen molar-refractivity contribution in [2.24, 2.45) is 0 Å². The van der Waals surface area contributed by atoms with Gasteiger partial charge in [0.05, 0.1) is 19.8 Å². The molecule has 0 aromatic heterocycles. The number of benzene rings is 1. The van der Waals surface area contributed by atoms with Gasteiger partial charge in [-0.05, 0) is 37.0 Å². The van der Waals surface area contributed by atoms with Gasteiger partial charge < -0.3 is 14.6 Å². The molecule has 3 nitrogen and oxygen atoms in total. The van der Waals surface area contributed by atoms with Crippen LogP contribution >= 0.6 is 0 Å². The van der Waals surface area contributed by atoms with Crippen LogP contribution in [0.4, 0.5) is 0 Å². The van der Waals surface area contributed by atoms with E-state index in [0.717, 1.165) is 23.5 Å². The van der Waals surface area contributed by atoms with Gasteiger partial charge >= 0.3 is 0 Å². The average molecular weight is 278 g/mol. The largest absolute Gasteiger partial charge is 0.496 e. The van der Waals surface area contributed by atoms with Gasteiger partial charge in [-0.15, -0.1) is 0 Å². The maximum absolute atomic E-state index is 8.85. The molecule has 1 aromatic rings. The molecule has 3 heteroatoms. The summed E-state index contributed by atoms with van der Waals surface area (Å²) in [5.74, 6) is 1.65. The standard InChI is InChI=1S/C17H26O3/c1-4-5-6-9-14-12-16(19-2)15(10-7-8-11-18)17(13-14)20-3/h7,10,12-13,18H,4-6,8-9,11H2,1-3H3/b10-7+. The van der Waals surface area contributed by atoms with Crippen LogP contribution in [0.3, 0.4) is 0 Å². The van der Waals surface area contributed by atoms with Gasteiger partial charge in [-0.2, -0.15) is 0 Å². The summed E-state index contributed by atoms with van der Waals surface area (Å²) in [5, 5.41) is 8.85. The number of aryl methyl sites for hydroxylation is 1. The molecule has 0 saturated carbocycles. The van der Waals surface area contributed by atoms with E-state index in [1.165, 1.54) is 24.8 Å².